The lowest BCUT2D eigenvalue weighted by Crippen LogP contribution is -2.25. The highest BCUT2D eigenvalue weighted by molar-refractivity contribution is 5.90. The van der Waals surface area contributed by atoms with Crippen molar-refractivity contribution in [2.75, 3.05) is 18.6 Å². The Hall–Kier alpha value is -3.73. The summed E-state index contributed by atoms with van der Waals surface area (Å²) in [6, 6.07) is 24.6. The fourth-order valence-electron chi connectivity index (χ4n) is 5.47. The molecule has 2 nitrogen and oxygen atoms in total. The zero-order chi connectivity index (χ0) is 26.9. The lowest BCUT2D eigenvalue weighted by molar-refractivity contribution is -0.137. The average Bonchev–Trinajstić information content (AvgIpc) is 3.29. The van der Waals surface area contributed by atoms with Crippen LogP contribution in [-0.4, -0.2) is 13.7 Å². The summed E-state index contributed by atoms with van der Waals surface area (Å²) in [5, 5.41) is 0. The van der Waals surface area contributed by atoms with E-state index in [1.807, 2.05) is 36.4 Å². The van der Waals surface area contributed by atoms with Crippen LogP contribution in [0.1, 0.15) is 47.6 Å². The highest BCUT2D eigenvalue weighted by atomic mass is 19.4. The summed E-state index contributed by atoms with van der Waals surface area (Å²) in [6.45, 7) is 5.32. The number of nitrogens with zero attached hydrogens (tertiary/aromatic N) is 1. The molecule has 0 bridgehead atoms. The van der Waals surface area contributed by atoms with Crippen LogP contribution in [0.5, 0.6) is 5.75 Å². The molecule has 0 saturated heterocycles. The zero-order valence-corrected chi connectivity index (χ0v) is 22.0. The van der Waals surface area contributed by atoms with Gasteiger partial charge in [0.15, 0.2) is 0 Å². The lowest BCUT2D eigenvalue weighted by Gasteiger charge is -2.29. The third-order valence-corrected chi connectivity index (χ3v) is 7.45. The minimum Gasteiger partial charge on any atom is -0.497 e. The molecule has 5 heteroatoms. The van der Waals surface area contributed by atoms with Crippen molar-refractivity contribution in [2.24, 2.45) is 0 Å². The topological polar surface area (TPSA) is 12.5 Å². The quantitative estimate of drug-likeness (QED) is 0.204. The first kappa shape index (κ1) is 25.9. The second-order valence-corrected chi connectivity index (χ2v) is 9.97. The van der Waals surface area contributed by atoms with E-state index < -0.39 is 11.7 Å². The van der Waals surface area contributed by atoms with E-state index >= 15 is 0 Å². The van der Waals surface area contributed by atoms with Gasteiger partial charge in [0.1, 0.15) is 5.75 Å². The molecule has 0 heterocycles. The van der Waals surface area contributed by atoms with Crippen LogP contribution in [0.4, 0.5) is 18.9 Å². The standard InChI is InChI=1S/C33H32F3NO/c1-4-5-18-37(21-23-11-14-26(38-3)15-12-23)31-20-25(33(34,35)36)13-17-29(31)32-22(2)10-16-28-27-9-7-6-8-24(27)19-30(28)32/h6-17,20H,4-5,18-19,21H2,1-3H3. The molecule has 0 amide bonds. The van der Waals surface area contributed by atoms with Gasteiger partial charge in [0, 0.05) is 24.3 Å². The van der Waals surface area contributed by atoms with Crippen LogP contribution in [0.15, 0.2) is 78.9 Å². The van der Waals surface area contributed by atoms with Crippen LogP contribution in [0, 0.1) is 6.92 Å². The van der Waals surface area contributed by atoms with Gasteiger partial charge in [0.05, 0.1) is 12.7 Å². The number of anilines is 1. The minimum absolute atomic E-state index is 0.507. The van der Waals surface area contributed by atoms with E-state index in [4.69, 9.17) is 4.74 Å². The van der Waals surface area contributed by atoms with E-state index in [2.05, 4.69) is 43.0 Å². The summed E-state index contributed by atoms with van der Waals surface area (Å²) in [6.07, 6.45) is -1.82. The predicted octanol–water partition coefficient (Wildman–Crippen LogP) is 9.07. The van der Waals surface area contributed by atoms with Crippen molar-refractivity contribution in [2.45, 2.75) is 45.8 Å². The van der Waals surface area contributed by atoms with Crippen LogP contribution < -0.4 is 9.64 Å². The van der Waals surface area contributed by atoms with Crippen molar-refractivity contribution in [3.05, 3.63) is 107 Å². The molecule has 0 fully saturated rings. The first-order chi connectivity index (χ1) is 18.3. The van der Waals surface area contributed by atoms with Crippen molar-refractivity contribution in [3.63, 3.8) is 0 Å². The second-order valence-electron chi connectivity index (χ2n) is 9.97. The molecule has 0 N–H and O–H groups in total. The number of hydrogen-bond donors (Lipinski definition) is 0. The van der Waals surface area contributed by atoms with Crippen molar-refractivity contribution in [3.8, 4) is 28.0 Å². The highest BCUT2D eigenvalue weighted by Gasteiger charge is 2.33. The molecular weight excluding hydrogens is 483 g/mol. The smallest absolute Gasteiger partial charge is 0.416 e. The maximum Gasteiger partial charge on any atom is 0.416 e. The number of hydrogen-bond acceptors (Lipinski definition) is 2. The number of halogens is 3. The highest BCUT2D eigenvalue weighted by Crippen LogP contribution is 2.46. The molecule has 0 aliphatic heterocycles. The van der Waals surface area contributed by atoms with Crippen molar-refractivity contribution < 1.29 is 17.9 Å². The molecule has 4 aromatic rings. The first-order valence-corrected chi connectivity index (χ1v) is 13.1. The van der Waals surface area contributed by atoms with Crippen LogP contribution in [0.2, 0.25) is 0 Å². The van der Waals surface area contributed by atoms with Gasteiger partial charge in [-0.15, -0.1) is 0 Å². The Morgan fingerprint density at radius 2 is 1.61 bits per heavy atom. The summed E-state index contributed by atoms with van der Waals surface area (Å²) in [4.78, 5) is 2.11. The molecule has 5 rings (SSSR count). The first-order valence-electron chi connectivity index (χ1n) is 13.1. The molecule has 0 radical (unpaired) electrons. The van der Waals surface area contributed by atoms with Crippen molar-refractivity contribution in [1.29, 1.82) is 0 Å². The second kappa shape index (κ2) is 10.6. The molecule has 0 spiro atoms. The molecule has 0 atom stereocenters. The van der Waals surface area contributed by atoms with Gasteiger partial charge in [-0.3, -0.25) is 0 Å². The SMILES string of the molecule is CCCCN(Cc1ccc(OC)cc1)c1cc(C(F)(F)F)ccc1-c1c(C)ccc2c1Cc1ccccc1-2. The number of benzene rings is 4. The van der Waals surface area contributed by atoms with Gasteiger partial charge >= 0.3 is 6.18 Å². The largest absolute Gasteiger partial charge is 0.497 e. The average molecular weight is 516 g/mol. The third kappa shape index (κ3) is 5.02. The number of ether oxygens (including phenoxy) is 1. The van der Waals surface area contributed by atoms with Crippen LogP contribution >= 0.6 is 0 Å². The van der Waals surface area contributed by atoms with Gasteiger partial charge in [-0.2, -0.15) is 13.2 Å². The number of alkyl halides is 3. The minimum atomic E-state index is -4.42. The van der Waals surface area contributed by atoms with Crippen molar-refractivity contribution in [1.82, 2.24) is 0 Å². The molecule has 38 heavy (non-hydrogen) atoms. The van der Waals surface area contributed by atoms with Crippen molar-refractivity contribution >= 4 is 5.69 Å². The maximum atomic E-state index is 14.0. The molecule has 1 aliphatic carbocycles. The van der Waals surface area contributed by atoms with Gasteiger partial charge in [-0.25, -0.2) is 0 Å². The molecule has 0 saturated carbocycles. The van der Waals surface area contributed by atoms with E-state index in [1.165, 1.54) is 34.4 Å². The van der Waals surface area contributed by atoms with E-state index in [1.54, 1.807) is 13.2 Å². The lowest BCUT2D eigenvalue weighted by atomic mass is 9.89. The van der Waals surface area contributed by atoms with Gasteiger partial charge < -0.3 is 9.64 Å². The normalized spacial score (nSPS) is 12.3. The monoisotopic (exact) mass is 515 g/mol. The third-order valence-electron chi connectivity index (χ3n) is 7.45. The fraction of sp³-hybridized carbons (Fsp3) is 0.273. The van der Waals surface area contributed by atoms with Gasteiger partial charge in [-0.05, 0) is 83.0 Å². The van der Waals surface area contributed by atoms with Crippen LogP contribution in [-0.2, 0) is 19.1 Å². The van der Waals surface area contributed by atoms with E-state index in [0.717, 1.165) is 47.3 Å². The number of unbranched alkanes of at least 4 members (excludes halogenated alkanes) is 1. The van der Waals surface area contributed by atoms with Gasteiger partial charge in [0.2, 0.25) is 0 Å². The number of methoxy groups -OCH3 is 1. The maximum absolute atomic E-state index is 14.0. The van der Waals surface area contributed by atoms with Crippen LogP contribution in [0.25, 0.3) is 22.3 Å². The van der Waals surface area contributed by atoms with Gasteiger partial charge in [-0.1, -0.05) is 67.9 Å². The fourth-order valence-corrected chi connectivity index (χ4v) is 5.47. The predicted molar refractivity (Wildman–Crippen MR) is 149 cm³/mol. The molecule has 0 aromatic heterocycles. The summed E-state index contributed by atoms with van der Waals surface area (Å²) >= 11 is 0. The van der Waals surface area contributed by atoms with E-state index in [9.17, 15) is 13.2 Å². The molecule has 0 unspecified atom stereocenters. The Morgan fingerprint density at radius 3 is 2.32 bits per heavy atom. The van der Waals surface area contributed by atoms with Gasteiger partial charge in [0.25, 0.3) is 0 Å². The van der Waals surface area contributed by atoms with Crippen LogP contribution in [0.3, 0.4) is 0 Å². The molecule has 4 aromatic carbocycles. The number of aryl methyl sites for hydroxylation is 1. The molecule has 1 aliphatic rings. The molecular formula is C33H32F3NO. The number of fused-ring (bicyclic) bond motifs is 3. The van der Waals surface area contributed by atoms with E-state index in [-0.39, 0.29) is 0 Å². The summed E-state index contributed by atoms with van der Waals surface area (Å²) in [5.41, 5.74) is 8.79. The Kier molecular flexibility index (Phi) is 7.20. The summed E-state index contributed by atoms with van der Waals surface area (Å²) in [5.74, 6) is 0.753. The Balaban J connectivity index is 1.67. The zero-order valence-electron chi connectivity index (χ0n) is 22.0. The Labute approximate surface area is 222 Å². The Morgan fingerprint density at radius 1 is 0.868 bits per heavy atom. The summed E-state index contributed by atoms with van der Waals surface area (Å²) in [7, 11) is 1.62. The molecule has 196 valence electrons. The summed E-state index contributed by atoms with van der Waals surface area (Å²) < 4.78 is 47.2. The Bertz CT molecular complexity index is 1440. The van der Waals surface area contributed by atoms with E-state index in [0.29, 0.717) is 18.8 Å². The number of rotatable bonds is 8.